The molecule has 0 N–H and O–H groups in total. The van der Waals surface area contributed by atoms with E-state index in [1.807, 2.05) is 0 Å². The van der Waals surface area contributed by atoms with Crippen molar-refractivity contribution in [2.45, 2.75) is 113 Å². The Kier molecular flexibility index (Phi) is 5.22. The fraction of sp³-hybridized carbons (Fsp3) is 0.871. The van der Waals surface area contributed by atoms with Gasteiger partial charge in [0.15, 0.2) is 0 Å². The summed E-state index contributed by atoms with van der Waals surface area (Å²) in [5.41, 5.74) is 2.10. The van der Waals surface area contributed by atoms with Gasteiger partial charge in [-0.1, -0.05) is 53.2 Å². The van der Waals surface area contributed by atoms with Crippen molar-refractivity contribution in [3.8, 4) is 0 Å². The number of rotatable bonds is 1. The van der Waals surface area contributed by atoms with Crippen molar-refractivity contribution in [3.63, 3.8) is 0 Å². The van der Waals surface area contributed by atoms with Gasteiger partial charge in [-0.15, -0.1) is 0 Å². The normalized spacial score (nSPS) is 51.8. The second kappa shape index (κ2) is 7.22. The molecule has 0 radical (unpaired) electrons. The highest BCUT2D eigenvalue weighted by atomic mass is 16.5. The van der Waals surface area contributed by atoms with E-state index >= 15 is 0 Å². The minimum absolute atomic E-state index is 0.0294. The number of esters is 1. The molecule has 0 aromatic rings. The largest absolute Gasteiger partial charge is 0.469 e. The Hall–Kier alpha value is -1.12. The Balaban J connectivity index is 1.57. The minimum Gasteiger partial charge on any atom is -0.469 e. The van der Waals surface area contributed by atoms with Crippen LogP contribution in [-0.4, -0.2) is 18.9 Å². The molecular weight excluding hydrogens is 420 g/mol. The molecule has 5 rings (SSSR count). The third-order valence-electron chi connectivity index (χ3n) is 13.0. The molecule has 8 atom stereocenters. The first-order valence-electron chi connectivity index (χ1n) is 14.0. The third kappa shape index (κ3) is 3.00. The van der Waals surface area contributed by atoms with E-state index in [1.54, 1.807) is 12.7 Å². The van der Waals surface area contributed by atoms with Crippen molar-refractivity contribution in [2.75, 3.05) is 7.11 Å². The van der Waals surface area contributed by atoms with Crippen LogP contribution in [0.1, 0.15) is 113 Å². The van der Waals surface area contributed by atoms with Crippen molar-refractivity contribution in [1.29, 1.82) is 0 Å². The fourth-order valence-electron chi connectivity index (χ4n) is 10.8. The van der Waals surface area contributed by atoms with Crippen molar-refractivity contribution in [3.05, 3.63) is 11.6 Å². The van der Waals surface area contributed by atoms with Gasteiger partial charge in [-0.2, -0.15) is 0 Å². The van der Waals surface area contributed by atoms with Gasteiger partial charge in [-0.3, -0.25) is 9.59 Å². The topological polar surface area (TPSA) is 43.4 Å². The zero-order chi connectivity index (χ0) is 24.9. The average molecular weight is 469 g/mol. The Morgan fingerprint density at radius 2 is 1.59 bits per heavy atom. The summed E-state index contributed by atoms with van der Waals surface area (Å²) in [5, 5.41) is 0. The molecule has 5 aliphatic rings. The Bertz CT molecular complexity index is 946. The van der Waals surface area contributed by atoms with Crippen LogP contribution in [0.4, 0.5) is 0 Å². The number of ether oxygens (including phenoxy) is 1. The lowest BCUT2D eigenvalue weighted by molar-refractivity contribution is -0.184. The van der Waals surface area contributed by atoms with E-state index in [0.717, 1.165) is 38.5 Å². The number of hydrogen-bond donors (Lipinski definition) is 0. The van der Waals surface area contributed by atoms with Crippen molar-refractivity contribution in [2.24, 2.45) is 50.2 Å². The molecule has 0 bridgehead atoms. The molecule has 0 amide bonds. The van der Waals surface area contributed by atoms with Crippen LogP contribution in [0.25, 0.3) is 0 Å². The summed E-state index contributed by atoms with van der Waals surface area (Å²) in [5.74, 6) is 2.08. The highest BCUT2D eigenvalue weighted by Gasteiger charge is 2.68. The Morgan fingerprint density at radius 3 is 2.26 bits per heavy atom. The first-order chi connectivity index (χ1) is 15.7. The first-order valence-corrected chi connectivity index (χ1v) is 14.0. The summed E-state index contributed by atoms with van der Waals surface area (Å²) < 4.78 is 5.28. The molecule has 5 aliphatic carbocycles. The van der Waals surface area contributed by atoms with Crippen LogP contribution in [0, 0.1) is 50.2 Å². The van der Waals surface area contributed by atoms with Gasteiger partial charge in [0.25, 0.3) is 0 Å². The van der Waals surface area contributed by atoms with Gasteiger partial charge in [-0.05, 0) is 103 Å². The van der Waals surface area contributed by atoms with Gasteiger partial charge in [-0.25, -0.2) is 0 Å². The number of methoxy groups -OCH3 is 1. The highest BCUT2D eigenvalue weighted by Crippen LogP contribution is 2.75. The molecule has 34 heavy (non-hydrogen) atoms. The summed E-state index contributed by atoms with van der Waals surface area (Å²) in [6.07, 6.45) is 13.2. The average Bonchev–Trinajstić information content (AvgIpc) is 2.73. The first kappa shape index (κ1) is 24.6. The summed E-state index contributed by atoms with van der Waals surface area (Å²) in [6.45, 7) is 17.0. The zero-order valence-corrected chi connectivity index (χ0v) is 23.1. The molecule has 0 aromatic carbocycles. The summed E-state index contributed by atoms with van der Waals surface area (Å²) in [4.78, 5) is 25.8. The van der Waals surface area contributed by atoms with E-state index in [0.29, 0.717) is 23.5 Å². The number of ketones is 1. The molecule has 0 spiro atoms. The molecule has 0 saturated heterocycles. The van der Waals surface area contributed by atoms with Crippen LogP contribution in [0.15, 0.2) is 11.6 Å². The molecule has 4 fully saturated rings. The van der Waals surface area contributed by atoms with E-state index < -0.39 is 0 Å². The lowest BCUT2D eigenvalue weighted by Gasteiger charge is -2.70. The van der Waals surface area contributed by atoms with Crippen molar-refractivity contribution < 1.29 is 14.3 Å². The maximum atomic E-state index is 13.0. The van der Waals surface area contributed by atoms with Gasteiger partial charge < -0.3 is 4.74 Å². The van der Waals surface area contributed by atoms with Crippen LogP contribution in [0.3, 0.4) is 0 Å². The molecule has 0 aliphatic heterocycles. The molecule has 3 nitrogen and oxygen atoms in total. The smallest absolute Gasteiger partial charge is 0.311 e. The lowest BCUT2D eigenvalue weighted by atomic mass is 9.34. The van der Waals surface area contributed by atoms with Gasteiger partial charge >= 0.3 is 5.97 Å². The molecule has 0 unspecified atom stereocenters. The van der Waals surface area contributed by atoms with Crippen LogP contribution in [-0.2, 0) is 14.3 Å². The number of hydrogen-bond acceptors (Lipinski definition) is 3. The number of carbonyl (C=O) groups excluding carboxylic acids is 2. The van der Waals surface area contributed by atoms with Crippen LogP contribution in [0.2, 0.25) is 0 Å². The number of fused-ring (bicyclic) bond motifs is 7. The number of allylic oxidation sites excluding steroid dienone is 2. The Labute approximate surface area is 207 Å². The molecular formula is C31H48O3. The second-order valence-electron chi connectivity index (χ2n) is 15.1. The van der Waals surface area contributed by atoms with E-state index in [9.17, 15) is 9.59 Å². The fourth-order valence-corrected chi connectivity index (χ4v) is 10.8. The standard InChI is InChI=1S/C31H48O3/c1-26(2)17-20(32)18-29(5)23(26)11-12-31(7)24(29)10-9-21-22-19-28(4,25(33)34-8)14-13-27(22,3)15-16-30(21,31)6/h9,22-24H,10-19H2,1-8H3/t22-,23-,24+,27+,28+,29-,30+,31+/m0/s1. The van der Waals surface area contributed by atoms with Gasteiger partial charge in [0.2, 0.25) is 0 Å². The predicted octanol–water partition coefficient (Wildman–Crippen LogP) is 7.53. The predicted molar refractivity (Wildman–Crippen MR) is 136 cm³/mol. The molecule has 0 aromatic heterocycles. The minimum atomic E-state index is -0.376. The molecule has 4 saturated carbocycles. The van der Waals surface area contributed by atoms with Crippen LogP contribution < -0.4 is 0 Å². The molecule has 3 heteroatoms. The van der Waals surface area contributed by atoms with Crippen molar-refractivity contribution >= 4 is 11.8 Å². The maximum absolute atomic E-state index is 13.0. The monoisotopic (exact) mass is 468 g/mol. The molecule has 0 heterocycles. The number of carbonyl (C=O) groups is 2. The maximum Gasteiger partial charge on any atom is 0.311 e. The Morgan fingerprint density at radius 1 is 0.912 bits per heavy atom. The second-order valence-corrected chi connectivity index (χ2v) is 15.1. The highest BCUT2D eigenvalue weighted by molar-refractivity contribution is 5.81. The van der Waals surface area contributed by atoms with Gasteiger partial charge in [0, 0.05) is 12.8 Å². The van der Waals surface area contributed by atoms with E-state index in [2.05, 4.69) is 54.5 Å². The molecule has 190 valence electrons. The third-order valence-corrected chi connectivity index (χ3v) is 13.0. The lowest BCUT2D eigenvalue weighted by Crippen LogP contribution is -2.63. The van der Waals surface area contributed by atoms with Crippen molar-refractivity contribution in [1.82, 2.24) is 0 Å². The summed E-state index contributed by atoms with van der Waals surface area (Å²) in [7, 11) is 1.55. The van der Waals surface area contributed by atoms with E-state index in [-0.39, 0.29) is 38.5 Å². The van der Waals surface area contributed by atoms with Crippen LogP contribution >= 0.6 is 0 Å². The summed E-state index contributed by atoms with van der Waals surface area (Å²) >= 11 is 0. The van der Waals surface area contributed by atoms with Gasteiger partial charge in [0.05, 0.1) is 12.5 Å². The van der Waals surface area contributed by atoms with Gasteiger partial charge in [0.1, 0.15) is 5.78 Å². The number of Topliss-reactive ketones (excluding diaryl/α,β-unsaturated/α-hetero) is 1. The quantitative estimate of drug-likeness (QED) is 0.295. The SMILES string of the molecule is COC(=O)[C@]1(C)CC[C@]2(C)CC[C@]3(C)C(=CC[C@@H]4[C@@]5(C)CC(=O)CC(C)(C)[C@@H]5CC[C@]43C)[C@@H]2C1. The van der Waals surface area contributed by atoms with Crippen LogP contribution in [0.5, 0.6) is 0 Å². The summed E-state index contributed by atoms with van der Waals surface area (Å²) in [6, 6.07) is 0. The zero-order valence-electron chi connectivity index (χ0n) is 23.1. The van der Waals surface area contributed by atoms with E-state index in [1.165, 1.54) is 25.7 Å². The van der Waals surface area contributed by atoms with E-state index in [4.69, 9.17) is 4.74 Å².